The van der Waals surface area contributed by atoms with Gasteiger partial charge in [0.1, 0.15) is 0 Å². The SMILES string of the molecule is O=C(CCc1c[nH]c2ccccc12)Nc1ccn(Cc2cccc(Cl)c2)n1. The molecule has 6 heteroatoms. The van der Waals surface area contributed by atoms with E-state index in [2.05, 4.69) is 21.5 Å². The second kappa shape index (κ2) is 7.68. The normalized spacial score (nSPS) is 11.0. The van der Waals surface area contributed by atoms with Crippen LogP contribution in [0.5, 0.6) is 0 Å². The van der Waals surface area contributed by atoms with E-state index in [0.717, 1.165) is 22.0 Å². The molecule has 1 amide bonds. The lowest BCUT2D eigenvalue weighted by molar-refractivity contribution is -0.116. The van der Waals surface area contributed by atoms with Crippen molar-refractivity contribution in [3.63, 3.8) is 0 Å². The number of nitrogens with one attached hydrogen (secondary N) is 2. The number of nitrogens with zero attached hydrogens (tertiary/aromatic N) is 2. The summed E-state index contributed by atoms with van der Waals surface area (Å²) < 4.78 is 1.78. The fourth-order valence-corrected chi connectivity index (χ4v) is 3.34. The highest BCUT2D eigenvalue weighted by Crippen LogP contribution is 2.19. The molecule has 5 nitrogen and oxygen atoms in total. The molecule has 0 spiro atoms. The molecule has 2 heterocycles. The molecule has 0 saturated carbocycles. The Labute approximate surface area is 162 Å². The zero-order valence-corrected chi connectivity index (χ0v) is 15.4. The van der Waals surface area contributed by atoms with Gasteiger partial charge in [0.15, 0.2) is 5.82 Å². The smallest absolute Gasteiger partial charge is 0.225 e. The summed E-state index contributed by atoms with van der Waals surface area (Å²) in [6.07, 6.45) is 4.90. The Morgan fingerprint density at radius 1 is 1.15 bits per heavy atom. The van der Waals surface area contributed by atoms with Gasteiger partial charge in [0.2, 0.25) is 5.91 Å². The summed E-state index contributed by atoms with van der Waals surface area (Å²) >= 11 is 6.01. The predicted molar refractivity (Wildman–Crippen MR) is 108 cm³/mol. The maximum Gasteiger partial charge on any atom is 0.225 e. The summed E-state index contributed by atoms with van der Waals surface area (Å²) in [5, 5.41) is 9.13. The number of amides is 1. The van der Waals surface area contributed by atoms with Crippen molar-refractivity contribution in [2.75, 3.05) is 5.32 Å². The third kappa shape index (κ3) is 4.20. The summed E-state index contributed by atoms with van der Waals surface area (Å²) in [5.74, 6) is 0.509. The molecular formula is C21H19ClN4O. The fraction of sp³-hybridized carbons (Fsp3) is 0.143. The molecule has 136 valence electrons. The minimum absolute atomic E-state index is 0.0479. The molecule has 2 aromatic heterocycles. The third-order valence-corrected chi connectivity index (χ3v) is 4.67. The zero-order valence-electron chi connectivity index (χ0n) is 14.7. The highest BCUT2D eigenvalue weighted by atomic mass is 35.5. The van der Waals surface area contributed by atoms with Gasteiger partial charge in [0.25, 0.3) is 0 Å². The van der Waals surface area contributed by atoms with Crippen LogP contribution in [0.2, 0.25) is 5.02 Å². The molecule has 4 aromatic rings. The number of para-hydroxylation sites is 1. The number of aromatic amines is 1. The molecular weight excluding hydrogens is 360 g/mol. The lowest BCUT2D eigenvalue weighted by Crippen LogP contribution is -2.13. The fourth-order valence-electron chi connectivity index (χ4n) is 3.13. The van der Waals surface area contributed by atoms with Gasteiger partial charge in [-0.15, -0.1) is 0 Å². The Kier molecular flexibility index (Phi) is 4.94. The number of aromatic nitrogens is 3. The van der Waals surface area contributed by atoms with E-state index in [0.29, 0.717) is 30.2 Å². The minimum atomic E-state index is -0.0479. The van der Waals surface area contributed by atoms with E-state index < -0.39 is 0 Å². The predicted octanol–water partition coefficient (Wildman–Crippen LogP) is 4.64. The first-order valence-electron chi connectivity index (χ1n) is 8.80. The van der Waals surface area contributed by atoms with E-state index in [4.69, 9.17) is 11.6 Å². The largest absolute Gasteiger partial charge is 0.361 e. The molecule has 2 N–H and O–H groups in total. The lowest BCUT2D eigenvalue weighted by atomic mass is 10.1. The average molecular weight is 379 g/mol. The van der Waals surface area contributed by atoms with Gasteiger partial charge < -0.3 is 10.3 Å². The Balaban J connectivity index is 1.34. The van der Waals surface area contributed by atoms with Gasteiger partial charge in [-0.1, -0.05) is 41.9 Å². The monoisotopic (exact) mass is 378 g/mol. The third-order valence-electron chi connectivity index (χ3n) is 4.44. The van der Waals surface area contributed by atoms with Gasteiger partial charge in [-0.05, 0) is 35.7 Å². The molecule has 0 bridgehead atoms. The summed E-state index contributed by atoms with van der Waals surface area (Å²) in [7, 11) is 0. The topological polar surface area (TPSA) is 62.7 Å². The van der Waals surface area contributed by atoms with Crippen molar-refractivity contribution in [1.29, 1.82) is 0 Å². The van der Waals surface area contributed by atoms with Crippen molar-refractivity contribution in [3.05, 3.63) is 83.1 Å². The summed E-state index contributed by atoms with van der Waals surface area (Å²) in [5.41, 5.74) is 3.29. The van der Waals surface area contributed by atoms with Gasteiger partial charge >= 0.3 is 0 Å². The molecule has 0 aliphatic carbocycles. The molecule has 4 rings (SSSR count). The van der Waals surface area contributed by atoms with Crippen LogP contribution in [0.3, 0.4) is 0 Å². The second-order valence-electron chi connectivity index (χ2n) is 6.44. The van der Waals surface area contributed by atoms with Crippen LogP contribution in [-0.4, -0.2) is 20.7 Å². The van der Waals surface area contributed by atoms with E-state index in [9.17, 15) is 4.79 Å². The van der Waals surface area contributed by atoms with Gasteiger partial charge in [0, 0.05) is 40.8 Å². The van der Waals surface area contributed by atoms with Crippen LogP contribution in [-0.2, 0) is 17.8 Å². The van der Waals surface area contributed by atoms with Crippen LogP contribution in [0, 0.1) is 0 Å². The number of carbonyl (C=O) groups is 1. The Bertz CT molecular complexity index is 1080. The molecule has 0 fully saturated rings. The van der Waals surface area contributed by atoms with Gasteiger partial charge in [0.05, 0.1) is 6.54 Å². The first-order valence-corrected chi connectivity index (χ1v) is 9.18. The van der Waals surface area contributed by atoms with Crippen LogP contribution in [0.1, 0.15) is 17.5 Å². The van der Waals surface area contributed by atoms with E-state index >= 15 is 0 Å². The average Bonchev–Trinajstić information content (AvgIpc) is 3.27. The van der Waals surface area contributed by atoms with Crippen LogP contribution in [0.25, 0.3) is 10.9 Å². The number of anilines is 1. The molecule has 0 atom stereocenters. The minimum Gasteiger partial charge on any atom is -0.361 e. The second-order valence-corrected chi connectivity index (χ2v) is 6.87. The number of hydrogen-bond donors (Lipinski definition) is 2. The van der Waals surface area contributed by atoms with Crippen molar-refractivity contribution in [3.8, 4) is 0 Å². The molecule has 27 heavy (non-hydrogen) atoms. The molecule has 2 aromatic carbocycles. The van der Waals surface area contributed by atoms with E-state index in [1.54, 1.807) is 10.7 Å². The van der Waals surface area contributed by atoms with Crippen molar-refractivity contribution in [1.82, 2.24) is 14.8 Å². The van der Waals surface area contributed by atoms with Crippen molar-refractivity contribution >= 4 is 34.2 Å². The summed E-state index contributed by atoms with van der Waals surface area (Å²) in [6.45, 7) is 0.603. The van der Waals surface area contributed by atoms with E-state index in [1.165, 1.54) is 0 Å². The molecule has 0 aliphatic rings. The molecule has 0 aliphatic heterocycles. The van der Waals surface area contributed by atoms with Crippen LogP contribution >= 0.6 is 11.6 Å². The maximum atomic E-state index is 12.3. The van der Waals surface area contributed by atoms with Crippen molar-refractivity contribution in [2.24, 2.45) is 0 Å². The van der Waals surface area contributed by atoms with Gasteiger partial charge in [-0.25, -0.2) is 0 Å². The first-order chi connectivity index (χ1) is 13.2. The lowest BCUT2D eigenvalue weighted by Gasteiger charge is -2.04. The Hall–Kier alpha value is -3.05. The quantitative estimate of drug-likeness (QED) is 0.513. The number of rotatable bonds is 6. The Morgan fingerprint density at radius 2 is 2.04 bits per heavy atom. The standard InChI is InChI=1S/C21H19ClN4O/c22-17-5-3-4-15(12-17)14-26-11-10-20(25-26)24-21(27)9-8-16-13-23-19-7-2-1-6-18(16)19/h1-7,10-13,23H,8-9,14H2,(H,24,25,27). The first kappa shape index (κ1) is 17.4. The number of benzene rings is 2. The number of H-pyrrole nitrogens is 1. The van der Waals surface area contributed by atoms with E-state index in [1.807, 2.05) is 54.9 Å². The van der Waals surface area contributed by atoms with Gasteiger partial charge in [-0.3, -0.25) is 9.48 Å². The van der Waals surface area contributed by atoms with Crippen LogP contribution in [0.15, 0.2) is 67.0 Å². The summed E-state index contributed by atoms with van der Waals surface area (Å²) in [4.78, 5) is 15.5. The summed E-state index contributed by atoms with van der Waals surface area (Å²) in [6, 6.07) is 17.6. The van der Waals surface area contributed by atoms with Gasteiger partial charge in [-0.2, -0.15) is 5.10 Å². The highest BCUT2D eigenvalue weighted by molar-refractivity contribution is 6.30. The number of carbonyl (C=O) groups excluding carboxylic acids is 1. The zero-order chi connectivity index (χ0) is 18.6. The maximum absolute atomic E-state index is 12.3. The van der Waals surface area contributed by atoms with Crippen molar-refractivity contribution in [2.45, 2.75) is 19.4 Å². The van der Waals surface area contributed by atoms with Crippen LogP contribution < -0.4 is 5.32 Å². The van der Waals surface area contributed by atoms with Crippen LogP contribution in [0.4, 0.5) is 5.82 Å². The number of halogens is 1. The number of fused-ring (bicyclic) bond motifs is 1. The van der Waals surface area contributed by atoms with E-state index in [-0.39, 0.29) is 5.91 Å². The number of hydrogen-bond acceptors (Lipinski definition) is 2. The molecule has 0 unspecified atom stereocenters. The highest BCUT2D eigenvalue weighted by Gasteiger charge is 2.09. The Morgan fingerprint density at radius 3 is 2.93 bits per heavy atom. The molecule has 0 radical (unpaired) electrons. The molecule has 0 saturated heterocycles. The number of aryl methyl sites for hydroxylation is 1. The van der Waals surface area contributed by atoms with Crippen molar-refractivity contribution < 1.29 is 4.79 Å².